The summed E-state index contributed by atoms with van der Waals surface area (Å²) >= 11 is 0. The first-order chi connectivity index (χ1) is 6.23. The highest BCUT2D eigenvalue weighted by Gasteiger charge is 2.53. The fourth-order valence-electron chi connectivity index (χ4n) is 1.59. The van der Waals surface area contributed by atoms with Gasteiger partial charge in [0.1, 0.15) is 0 Å². The maximum Gasteiger partial charge on any atom is 0.340 e. The molecular formula is C10H20O3. The smallest absolute Gasteiger partial charge is 0.339 e. The minimum Gasteiger partial charge on any atom is -0.339 e. The molecule has 0 aromatic carbocycles. The Hall–Kier alpha value is -0.120. The van der Waals surface area contributed by atoms with Crippen LogP contribution < -0.4 is 0 Å². The van der Waals surface area contributed by atoms with Crippen molar-refractivity contribution in [2.24, 2.45) is 5.92 Å². The summed E-state index contributed by atoms with van der Waals surface area (Å²) in [5, 5.41) is 9.60. The van der Waals surface area contributed by atoms with E-state index in [-0.39, 0.29) is 5.92 Å². The van der Waals surface area contributed by atoms with Gasteiger partial charge < -0.3 is 5.11 Å². The van der Waals surface area contributed by atoms with E-state index in [2.05, 4.69) is 23.6 Å². The predicted molar refractivity (Wildman–Crippen MR) is 49.7 cm³/mol. The fourth-order valence-corrected chi connectivity index (χ4v) is 1.59. The molecule has 3 heteroatoms. The second-order valence-corrected chi connectivity index (χ2v) is 3.78. The van der Waals surface area contributed by atoms with Crippen LogP contribution in [0.2, 0.25) is 0 Å². The molecule has 1 aliphatic heterocycles. The van der Waals surface area contributed by atoms with Crippen molar-refractivity contribution in [2.75, 3.05) is 0 Å². The van der Waals surface area contributed by atoms with Crippen LogP contribution in [0.25, 0.3) is 0 Å². The summed E-state index contributed by atoms with van der Waals surface area (Å²) in [5.41, 5.74) is 0. The maximum absolute atomic E-state index is 9.60. The summed E-state index contributed by atoms with van der Waals surface area (Å²) in [7, 11) is 0. The van der Waals surface area contributed by atoms with Gasteiger partial charge in [-0.15, -0.1) is 0 Å². The lowest BCUT2D eigenvalue weighted by atomic mass is 9.94. The second kappa shape index (κ2) is 4.94. The first kappa shape index (κ1) is 11.0. The van der Waals surface area contributed by atoms with Gasteiger partial charge in [-0.2, -0.15) is 9.78 Å². The van der Waals surface area contributed by atoms with Crippen LogP contribution in [-0.2, 0) is 9.78 Å². The zero-order valence-electron chi connectivity index (χ0n) is 8.58. The molecule has 1 saturated heterocycles. The van der Waals surface area contributed by atoms with Crippen molar-refractivity contribution >= 4 is 0 Å². The van der Waals surface area contributed by atoms with Crippen molar-refractivity contribution in [1.82, 2.24) is 0 Å². The third kappa shape index (κ3) is 3.25. The van der Waals surface area contributed by atoms with Crippen LogP contribution in [0.3, 0.4) is 0 Å². The Balaban J connectivity index is 2.26. The predicted octanol–water partition coefficient (Wildman–Crippen LogP) is 2.59. The zero-order chi connectivity index (χ0) is 9.73. The molecule has 78 valence electrons. The molecule has 0 aromatic rings. The molecule has 1 fully saturated rings. The quantitative estimate of drug-likeness (QED) is 0.493. The average molecular weight is 188 g/mol. The Labute approximate surface area is 80.0 Å². The lowest BCUT2D eigenvalue weighted by Gasteiger charge is -2.15. The van der Waals surface area contributed by atoms with E-state index < -0.39 is 5.97 Å². The molecule has 0 aromatic heterocycles. The molecule has 13 heavy (non-hydrogen) atoms. The van der Waals surface area contributed by atoms with Crippen LogP contribution in [0, 0.1) is 5.92 Å². The van der Waals surface area contributed by atoms with Crippen molar-refractivity contribution in [3.05, 3.63) is 0 Å². The van der Waals surface area contributed by atoms with E-state index in [4.69, 9.17) is 0 Å². The molecule has 1 N–H and O–H groups in total. The Morgan fingerprint density at radius 3 is 1.85 bits per heavy atom. The zero-order valence-corrected chi connectivity index (χ0v) is 8.58. The van der Waals surface area contributed by atoms with E-state index in [1.165, 1.54) is 0 Å². The Morgan fingerprint density at radius 2 is 1.54 bits per heavy atom. The van der Waals surface area contributed by atoms with Gasteiger partial charge in [0.2, 0.25) is 0 Å². The monoisotopic (exact) mass is 188 g/mol. The molecule has 0 amide bonds. The van der Waals surface area contributed by atoms with E-state index >= 15 is 0 Å². The molecule has 0 saturated carbocycles. The number of hydrogen-bond donors (Lipinski definition) is 1. The molecule has 0 radical (unpaired) electrons. The largest absolute Gasteiger partial charge is 0.340 e. The van der Waals surface area contributed by atoms with Gasteiger partial charge in [-0.25, -0.2) is 0 Å². The minimum atomic E-state index is -1.23. The van der Waals surface area contributed by atoms with Gasteiger partial charge in [0.15, 0.2) is 0 Å². The van der Waals surface area contributed by atoms with Gasteiger partial charge in [-0.1, -0.05) is 39.5 Å². The topological polar surface area (TPSA) is 45.3 Å². The van der Waals surface area contributed by atoms with Crippen LogP contribution >= 0.6 is 0 Å². The summed E-state index contributed by atoms with van der Waals surface area (Å²) in [4.78, 5) is 9.22. The molecule has 0 aliphatic carbocycles. The summed E-state index contributed by atoms with van der Waals surface area (Å²) in [5.74, 6) is -1.07. The Morgan fingerprint density at radius 1 is 1.08 bits per heavy atom. The highest BCUT2D eigenvalue weighted by molar-refractivity contribution is 4.72. The third-order valence-corrected chi connectivity index (χ3v) is 2.58. The lowest BCUT2D eigenvalue weighted by molar-refractivity contribution is -0.0368. The van der Waals surface area contributed by atoms with Gasteiger partial charge in [0, 0.05) is 5.92 Å². The standard InChI is InChI=1S/C10H20O3/c1-3-5-7-9(8-6-4-2)10(11)12-13-10/h9,11H,3-8H2,1-2H3. The first-order valence-electron chi connectivity index (χ1n) is 5.32. The van der Waals surface area contributed by atoms with Gasteiger partial charge >= 0.3 is 5.97 Å². The van der Waals surface area contributed by atoms with Crippen molar-refractivity contribution in [2.45, 2.75) is 58.3 Å². The van der Waals surface area contributed by atoms with Gasteiger partial charge in [-0.3, -0.25) is 0 Å². The molecule has 1 heterocycles. The molecule has 0 unspecified atom stereocenters. The van der Waals surface area contributed by atoms with E-state index in [9.17, 15) is 5.11 Å². The van der Waals surface area contributed by atoms with Crippen LogP contribution in [0.4, 0.5) is 0 Å². The molecule has 0 bridgehead atoms. The van der Waals surface area contributed by atoms with Gasteiger partial charge in [0.05, 0.1) is 0 Å². The summed E-state index contributed by atoms with van der Waals surface area (Å²) in [6.07, 6.45) is 6.55. The Bertz CT molecular complexity index is 135. The first-order valence-corrected chi connectivity index (χ1v) is 5.32. The average Bonchev–Trinajstić information content (AvgIpc) is 2.85. The number of unbranched alkanes of at least 4 members (excludes halogenated alkanes) is 2. The van der Waals surface area contributed by atoms with Crippen molar-refractivity contribution in [3.63, 3.8) is 0 Å². The molecular weight excluding hydrogens is 168 g/mol. The number of hydrogen-bond acceptors (Lipinski definition) is 3. The van der Waals surface area contributed by atoms with Gasteiger partial charge in [0.25, 0.3) is 0 Å². The molecule has 1 aliphatic rings. The minimum absolute atomic E-state index is 0.160. The van der Waals surface area contributed by atoms with Crippen LogP contribution in [0.1, 0.15) is 52.4 Å². The SMILES string of the molecule is CCCCC(CCCC)C1(O)OO1. The highest BCUT2D eigenvalue weighted by atomic mass is 17.4. The normalized spacial score (nSPS) is 19.4. The van der Waals surface area contributed by atoms with E-state index in [0.29, 0.717) is 0 Å². The summed E-state index contributed by atoms with van der Waals surface area (Å²) < 4.78 is 0. The second-order valence-electron chi connectivity index (χ2n) is 3.78. The Kier molecular flexibility index (Phi) is 4.16. The lowest BCUT2D eigenvalue weighted by Crippen LogP contribution is -2.23. The number of aliphatic hydroxyl groups is 1. The van der Waals surface area contributed by atoms with Crippen LogP contribution in [-0.4, -0.2) is 11.1 Å². The third-order valence-electron chi connectivity index (χ3n) is 2.58. The van der Waals surface area contributed by atoms with Crippen LogP contribution in [0.15, 0.2) is 0 Å². The fraction of sp³-hybridized carbons (Fsp3) is 1.00. The highest BCUT2D eigenvalue weighted by Crippen LogP contribution is 2.39. The summed E-state index contributed by atoms with van der Waals surface area (Å²) in [6, 6.07) is 0. The van der Waals surface area contributed by atoms with Crippen molar-refractivity contribution < 1.29 is 14.9 Å². The molecule has 0 atom stereocenters. The number of rotatable bonds is 7. The van der Waals surface area contributed by atoms with Crippen molar-refractivity contribution in [3.8, 4) is 0 Å². The van der Waals surface area contributed by atoms with E-state index in [1.807, 2.05) is 0 Å². The molecule has 0 spiro atoms. The van der Waals surface area contributed by atoms with Crippen LogP contribution in [0.5, 0.6) is 0 Å². The van der Waals surface area contributed by atoms with Gasteiger partial charge in [-0.05, 0) is 12.8 Å². The summed E-state index contributed by atoms with van der Waals surface area (Å²) in [6.45, 7) is 4.30. The van der Waals surface area contributed by atoms with E-state index in [0.717, 1.165) is 38.5 Å². The molecule has 3 nitrogen and oxygen atoms in total. The van der Waals surface area contributed by atoms with E-state index in [1.54, 1.807) is 0 Å². The molecule has 1 rings (SSSR count). The van der Waals surface area contributed by atoms with Crippen molar-refractivity contribution in [1.29, 1.82) is 0 Å². The maximum atomic E-state index is 9.60.